The molecular weight excluding hydrogens is 350 g/mol. The van der Waals surface area contributed by atoms with Crippen LogP contribution in [-0.2, 0) is 4.74 Å². The van der Waals surface area contributed by atoms with E-state index in [0.717, 1.165) is 40.8 Å². The van der Waals surface area contributed by atoms with Gasteiger partial charge in [-0.2, -0.15) is 0 Å². The van der Waals surface area contributed by atoms with Gasteiger partial charge in [0.2, 0.25) is 0 Å². The van der Waals surface area contributed by atoms with Crippen molar-refractivity contribution in [1.82, 2.24) is 4.98 Å². The van der Waals surface area contributed by atoms with Crippen LogP contribution in [0.2, 0.25) is 0 Å². The first-order valence-corrected chi connectivity index (χ1v) is 9.43. The third-order valence-electron chi connectivity index (χ3n) is 4.31. The predicted octanol–water partition coefficient (Wildman–Crippen LogP) is 4.99. The molecule has 0 unspecified atom stereocenters. The van der Waals surface area contributed by atoms with Crippen LogP contribution in [-0.4, -0.2) is 24.7 Å². The summed E-state index contributed by atoms with van der Waals surface area (Å²) in [7, 11) is 1.35. The summed E-state index contributed by atoms with van der Waals surface area (Å²) in [6, 6.07) is 17.1. The van der Waals surface area contributed by atoms with E-state index in [1.165, 1.54) is 20.0 Å². The van der Waals surface area contributed by atoms with E-state index in [1.807, 2.05) is 48.5 Å². The fourth-order valence-corrected chi connectivity index (χ4v) is 2.74. The molecule has 0 bridgehead atoms. The Morgan fingerprint density at radius 3 is 2.46 bits per heavy atom. The van der Waals surface area contributed by atoms with Crippen molar-refractivity contribution in [3.63, 3.8) is 0 Å². The van der Waals surface area contributed by atoms with Crippen LogP contribution in [0.1, 0.15) is 47.8 Å². The summed E-state index contributed by atoms with van der Waals surface area (Å²) in [4.78, 5) is 15.9. The summed E-state index contributed by atoms with van der Waals surface area (Å²) in [5.74, 6) is 6.77. The van der Waals surface area contributed by atoms with Crippen LogP contribution in [0.15, 0.2) is 54.6 Å². The smallest absolute Gasteiger partial charge is 0.356 e. The number of hydrogen-bond donors (Lipinski definition) is 0. The van der Waals surface area contributed by atoms with E-state index in [1.54, 1.807) is 6.07 Å². The predicted molar refractivity (Wildman–Crippen MR) is 111 cm³/mol. The maximum absolute atomic E-state index is 11.6. The minimum Gasteiger partial charge on any atom is -0.494 e. The van der Waals surface area contributed by atoms with Crippen molar-refractivity contribution in [2.75, 3.05) is 13.7 Å². The molecule has 142 valence electrons. The van der Waals surface area contributed by atoms with Gasteiger partial charge in [0.05, 0.1) is 19.2 Å². The molecule has 2 aromatic carbocycles. The van der Waals surface area contributed by atoms with Gasteiger partial charge in [-0.25, -0.2) is 9.78 Å². The van der Waals surface area contributed by atoms with Gasteiger partial charge in [-0.1, -0.05) is 37.7 Å². The number of ether oxygens (including phenoxy) is 2. The second-order valence-electron chi connectivity index (χ2n) is 6.43. The summed E-state index contributed by atoms with van der Waals surface area (Å²) >= 11 is 0. The molecule has 3 rings (SSSR count). The average molecular weight is 373 g/mol. The summed E-state index contributed by atoms with van der Waals surface area (Å²) in [6.07, 6.45) is 3.46. The Bertz CT molecular complexity index is 1010. The zero-order chi connectivity index (χ0) is 19.8. The number of benzene rings is 2. The van der Waals surface area contributed by atoms with Crippen molar-refractivity contribution < 1.29 is 14.3 Å². The Balaban J connectivity index is 1.69. The Morgan fingerprint density at radius 2 is 1.71 bits per heavy atom. The van der Waals surface area contributed by atoms with Crippen molar-refractivity contribution in [3.8, 4) is 17.6 Å². The molecule has 0 saturated carbocycles. The van der Waals surface area contributed by atoms with Gasteiger partial charge < -0.3 is 9.47 Å². The number of pyridine rings is 1. The second kappa shape index (κ2) is 9.57. The van der Waals surface area contributed by atoms with Gasteiger partial charge in [-0.15, -0.1) is 0 Å². The normalized spacial score (nSPS) is 10.2. The van der Waals surface area contributed by atoms with Crippen LogP contribution in [0.25, 0.3) is 10.9 Å². The van der Waals surface area contributed by atoms with Crippen molar-refractivity contribution in [3.05, 3.63) is 71.4 Å². The Hall–Kier alpha value is -3.32. The van der Waals surface area contributed by atoms with Gasteiger partial charge in [0.15, 0.2) is 0 Å². The maximum Gasteiger partial charge on any atom is 0.356 e. The fourth-order valence-electron chi connectivity index (χ4n) is 2.74. The molecule has 0 radical (unpaired) electrons. The Kier molecular flexibility index (Phi) is 6.64. The Morgan fingerprint density at radius 1 is 0.964 bits per heavy atom. The summed E-state index contributed by atoms with van der Waals surface area (Å²) in [5, 5.41) is 0.926. The molecule has 0 spiro atoms. The van der Waals surface area contributed by atoms with Crippen LogP contribution >= 0.6 is 0 Å². The lowest BCUT2D eigenvalue weighted by Crippen LogP contribution is -2.03. The molecular formula is C24H23NO3. The molecule has 1 aromatic heterocycles. The van der Waals surface area contributed by atoms with Gasteiger partial charge in [0, 0.05) is 16.5 Å². The van der Waals surface area contributed by atoms with Gasteiger partial charge in [0.1, 0.15) is 11.4 Å². The van der Waals surface area contributed by atoms with Gasteiger partial charge >= 0.3 is 5.97 Å². The first kappa shape index (κ1) is 19.4. The fraction of sp³-hybridized carbons (Fsp3) is 0.250. The molecule has 4 nitrogen and oxygen atoms in total. The summed E-state index contributed by atoms with van der Waals surface area (Å²) < 4.78 is 10.4. The highest BCUT2D eigenvalue weighted by molar-refractivity contribution is 5.91. The first-order valence-electron chi connectivity index (χ1n) is 9.43. The minimum atomic E-state index is -0.441. The number of hydrogen-bond acceptors (Lipinski definition) is 4. The number of carbonyl (C=O) groups is 1. The number of unbranched alkanes of at least 4 members (excludes halogenated alkanes) is 2. The van der Waals surface area contributed by atoms with Gasteiger partial charge in [-0.05, 0) is 55.0 Å². The number of nitrogens with zero attached hydrogens (tertiary/aromatic N) is 1. The molecule has 28 heavy (non-hydrogen) atoms. The second-order valence-corrected chi connectivity index (χ2v) is 6.43. The van der Waals surface area contributed by atoms with E-state index in [4.69, 9.17) is 9.47 Å². The third-order valence-corrected chi connectivity index (χ3v) is 4.31. The first-order chi connectivity index (χ1) is 13.7. The maximum atomic E-state index is 11.6. The van der Waals surface area contributed by atoms with Crippen molar-refractivity contribution in [2.45, 2.75) is 26.2 Å². The molecule has 1 heterocycles. The molecule has 0 saturated heterocycles. The molecule has 0 aliphatic heterocycles. The number of esters is 1. The highest BCUT2D eigenvalue weighted by Gasteiger charge is 2.07. The molecule has 0 aliphatic rings. The standard InChI is InChI=1S/C24H23NO3/c1-3-4-5-16-28-21-12-8-18(9-13-21)6-7-19-10-14-22-20(17-19)11-15-23(25-22)24(26)27-2/h8-15,17H,3-5,16H2,1-2H3. The van der Waals surface area contributed by atoms with E-state index in [2.05, 4.69) is 23.7 Å². The van der Waals surface area contributed by atoms with E-state index < -0.39 is 5.97 Å². The molecule has 0 N–H and O–H groups in total. The van der Waals surface area contributed by atoms with Gasteiger partial charge in [0.25, 0.3) is 0 Å². The Labute approximate surface area is 165 Å². The highest BCUT2D eigenvalue weighted by atomic mass is 16.5. The molecule has 0 aliphatic carbocycles. The van der Waals surface area contributed by atoms with Crippen LogP contribution < -0.4 is 4.74 Å². The van der Waals surface area contributed by atoms with E-state index >= 15 is 0 Å². The van der Waals surface area contributed by atoms with Crippen LogP contribution in [0.3, 0.4) is 0 Å². The lowest BCUT2D eigenvalue weighted by Gasteiger charge is -2.05. The molecule has 0 fully saturated rings. The van der Waals surface area contributed by atoms with Crippen molar-refractivity contribution >= 4 is 16.9 Å². The average Bonchev–Trinajstić information content (AvgIpc) is 2.75. The third kappa shape index (κ3) is 5.11. The lowest BCUT2D eigenvalue weighted by molar-refractivity contribution is 0.0594. The number of fused-ring (bicyclic) bond motifs is 1. The zero-order valence-corrected chi connectivity index (χ0v) is 16.2. The van der Waals surface area contributed by atoms with E-state index in [9.17, 15) is 4.79 Å². The topological polar surface area (TPSA) is 48.4 Å². The quantitative estimate of drug-likeness (QED) is 0.347. The largest absolute Gasteiger partial charge is 0.494 e. The molecule has 0 atom stereocenters. The van der Waals surface area contributed by atoms with E-state index in [-0.39, 0.29) is 0 Å². The minimum absolute atomic E-state index is 0.297. The number of aromatic nitrogens is 1. The van der Waals surface area contributed by atoms with Gasteiger partial charge in [-0.3, -0.25) is 0 Å². The number of methoxy groups -OCH3 is 1. The number of rotatable bonds is 6. The van der Waals surface area contributed by atoms with Crippen LogP contribution in [0, 0.1) is 11.8 Å². The molecule has 0 amide bonds. The van der Waals surface area contributed by atoms with Crippen LogP contribution in [0.5, 0.6) is 5.75 Å². The van der Waals surface area contributed by atoms with Crippen molar-refractivity contribution in [2.24, 2.45) is 0 Å². The van der Waals surface area contributed by atoms with Crippen LogP contribution in [0.4, 0.5) is 0 Å². The summed E-state index contributed by atoms with van der Waals surface area (Å²) in [6.45, 7) is 2.93. The monoisotopic (exact) mass is 373 g/mol. The van der Waals surface area contributed by atoms with E-state index in [0.29, 0.717) is 5.69 Å². The SMILES string of the molecule is CCCCCOc1ccc(C#Cc2ccc3nc(C(=O)OC)ccc3c2)cc1. The zero-order valence-electron chi connectivity index (χ0n) is 16.2. The highest BCUT2D eigenvalue weighted by Crippen LogP contribution is 2.16. The summed E-state index contributed by atoms with van der Waals surface area (Å²) in [5.41, 5.74) is 2.85. The van der Waals surface area contributed by atoms with Crippen molar-refractivity contribution in [1.29, 1.82) is 0 Å². The number of carbonyl (C=O) groups excluding carboxylic acids is 1. The molecule has 4 heteroatoms. The lowest BCUT2D eigenvalue weighted by atomic mass is 10.1. The molecule has 3 aromatic rings.